The van der Waals surface area contributed by atoms with Crippen molar-refractivity contribution < 1.29 is 19.4 Å². The Hall–Kier alpha value is -2.72. The van der Waals surface area contributed by atoms with Gasteiger partial charge in [-0.05, 0) is 11.6 Å². The summed E-state index contributed by atoms with van der Waals surface area (Å²) in [7, 11) is 2.61. The molecule has 1 fully saturated rings. The summed E-state index contributed by atoms with van der Waals surface area (Å²) in [5, 5.41) is 31.0. The van der Waals surface area contributed by atoms with Gasteiger partial charge in [0.1, 0.15) is 0 Å². The standard InChI is InChI=1S/C15H12ClN5O4/c1-24-15(25-2)14(7-18)11(13(14,6-17)12(19)20-15)9-5-8(21(22)23)3-4-10(9)16/h3-5,11H,1-2H3,(H2,19,20)/p+1/t11-,13-,14-/m1/s1. The molecule has 1 aromatic carbocycles. The number of nitrogens with zero attached hydrogens (tertiary/aromatic N) is 3. The van der Waals surface area contributed by atoms with E-state index in [4.69, 9.17) is 26.8 Å². The normalized spacial score (nSPS) is 31.4. The number of nitrogens with one attached hydrogen (secondary N) is 1. The lowest BCUT2D eigenvalue weighted by Crippen LogP contribution is -2.90. The molecule has 0 unspecified atom stereocenters. The maximum Gasteiger partial charge on any atom is 0.342 e. The van der Waals surface area contributed by atoms with E-state index in [9.17, 15) is 20.6 Å². The van der Waals surface area contributed by atoms with E-state index in [1.807, 2.05) is 0 Å². The van der Waals surface area contributed by atoms with Crippen LogP contribution in [0.4, 0.5) is 5.69 Å². The third-order valence-corrected chi connectivity index (χ3v) is 5.42. The van der Waals surface area contributed by atoms with Crippen molar-refractivity contribution >= 4 is 23.1 Å². The first kappa shape index (κ1) is 17.1. The highest BCUT2D eigenvalue weighted by Gasteiger charge is 2.97. The van der Waals surface area contributed by atoms with E-state index in [0.29, 0.717) is 0 Å². The smallest absolute Gasteiger partial charge is 0.317 e. The number of rotatable bonds is 4. The van der Waals surface area contributed by atoms with Gasteiger partial charge < -0.3 is 9.47 Å². The Morgan fingerprint density at radius 3 is 2.48 bits per heavy atom. The van der Waals surface area contributed by atoms with Crippen LogP contribution in [0.5, 0.6) is 0 Å². The van der Waals surface area contributed by atoms with Gasteiger partial charge in [0.15, 0.2) is 10.8 Å². The second kappa shape index (κ2) is 5.14. The van der Waals surface area contributed by atoms with E-state index < -0.39 is 27.6 Å². The molecule has 1 aromatic rings. The fourth-order valence-electron chi connectivity index (χ4n) is 3.95. The molecule has 0 spiro atoms. The van der Waals surface area contributed by atoms with E-state index in [0.717, 1.165) is 0 Å². The van der Waals surface area contributed by atoms with Crippen LogP contribution >= 0.6 is 11.6 Å². The van der Waals surface area contributed by atoms with Gasteiger partial charge in [0, 0.05) is 37.3 Å². The van der Waals surface area contributed by atoms with Crippen LogP contribution in [0.1, 0.15) is 11.5 Å². The summed E-state index contributed by atoms with van der Waals surface area (Å²) in [6, 6.07) is 8.00. The lowest BCUT2D eigenvalue weighted by Gasteiger charge is -2.26. The highest BCUT2D eigenvalue weighted by molar-refractivity contribution is 6.31. The number of fused-ring (bicyclic) bond motifs is 1. The first-order valence-corrected chi connectivity index (χ1v) is 7.47. The average molecular weight is 363 g/mol. The molecule has 1 saturated carbocycles. The number of benzene rings is 1. The zero-order valence-corrected chi connectivity index (χ0v) is 14.0. The zero-order valence-electron chi connectivity index (χ0n) is 13.2. The second-order valence-electron chi connectivity index (χ2n) is 5.80. The monoisotopic (exact) mass is 362 g/mol. The number of nitro groups is 1. The molecule has 3 N–H and O–H groups in total. The minimum absolute atomic E-state index is 0.00665. The van der Waals surface area contributed by atoms with Gasteiger partial charge in [-0.2, -0.15) is 10.5 Å². The van der Waals surface area contributed by atoms with E-state index in [2.05, 4.69) is 17.1 Å². The molecule has 0 amide bonds. The molecule has 1 aliphatic heterocycles. The number of nitrogens with two attached hydrogens (primary N) is 1. The van der Waals surface area contributed by atoms with Crippen molar-refractivity contribution in [2.45, 2.75) is 11.8 Å². The molecule has 3 atom stereocenters. The van der Waals surface area contributed by atoms with Crippen molar-refractivity contribution in [3.8, 4) is 12.1 Å². The molecule has 0 radical (unpaired) electrons. The van der Waals surface area contributed by atoms with E-state index >= 15 is 0 Å². The van der Waals surface area contributed by atoms with Gasteiger partial charge in [-0.25, -0.2) is 4.99 Å². The summed E-state index contributed by atoms with van der Waals surface area (Å²) in [5.74, 6) is -2.54. The molecule has 128 valence electrons. The van der Waals surface area contributed by atoms with Crippen molar-refractivity contribution in [3.05, 3.63) is 38.9 Å². The van der Waals surface area contributed by atoms with Gasteiger partial charge in [-0.15, -0.1) is 0 Å². The number of hydrogen-bond donors (Lipinski definition) is 2. The zero-order chi connectivity index (χ0) is 18.6. The molecule has 0 bridgehead atoms. The van der Waals surface area contributed by atoms with Gasteiger partial charge in [-0.3, -0.25) is 15.8 Å². The Balaban J connectivity index is 2.29. The Labute approximate surface area is 147 Å². The number of nitriles is 2. The van der Waals surface area contributed by atoms with Gasteiger partial charge in [-0.1, -0.05) is 11.6 Å². The lowest BCUT2D eigenvalue weighted by molar-refractivity contribution is -0.687. The Kier molecular flexibility index (Phi) is 3.52. The number of nitro benzene ring substituents is 1. The van der Waals surface area contributed by atoms with Crippen LogP contribution < -0.4 is 10.7 Å². The number of non-ortho nitro benzene ring substituents is 1. The fourth-order valence-corrected chi connectivity index (χ4v) is 4.17. The van der Waals surface area contributed by atoms with Crippen LogP contribution in [-0.4, -0.2) is 30.9 Å². The highest BCUT2D eigenvalue weighted by atomic mass is 35.5. The van der Waals surface area contributed by atoms with Crippen molar-refractivity contribution in [1.82, 2.24) is 0 Å². The number of methoxy groups -OCH3 is 2. The molecule has 25 heavy (non-hydrogen) atoms. The van der Waals surface area contributed by atoms with Gasteiger partial charge in [0.2, 0.25) is 0 Å². The van der Waals surface area contributed by atoms with E-state index in [-0.39, 0.29) is 22.1 Å². The van der Waals surface area contributed by atoms with Crippen molar-refractivity contribution in [2.75, 3.05) is 14.2 Å². The number of ether oxygens (including phenoxy) is 2. The summed E-state index contributed by atoms with van der Waals surface area (Å²) in [6.07, 6.45) is 0. The number of hydrogen-bond acceptors (Lipinski definition) is 7. The molecular weight excluding hydrogens is 350 g/mol. The van der Waals surface area contributed by atoms with Gasteiger partial charge in [0.05, 0.1) is 17.1 Å². The molecule has 1 heterocycles. The summed E-state index contributed by atoms with van der Waals surface area (Å²) in [4.78, 5) is 13.2. The Morgan fingerprint density at radius 2 is 2.00 bits per heavy atom. The molecule has 10 heteroatoms. The molecule has 0 aromatic heterocycles. The maximum absolute atomic E-state index is 11.1. The summed E-state index contributed by atoms with van der Waals surface area (Å²) >= 11 is 6.22. The average Bonchev–Trinajstić information content (AvgIpc) is 3.17. The van der Waals surface area contributed by atoms with Crippen LogP contribution in [-0.2, 0) is 9.47 Å². The molecule has 3 rings (SSSR count). The molecule has 0 saturated heterocycles. The number of halogens is 1. The summed E-state index contributed by atoms with van der Waals surface area (Å²) in [5.41, 5.74) is 3.03. The number of amidine groups is 1. The largest absolute Gasteiger partial charge is 0.342 e. The topological polar surface area (TPSA) is 149 Å². The molecule has 9 nitrogen and oxygen atoms in total. The van der Waals surface area contributed by atoms with Crippen LogP contribution in [0.3, 0.4) is 0 Å². The predicted molar refractivity (Wildman–Crippen MR) is 83.8 cm³/mol. The van der Waals surface area contributed by atoms with Gasteiger partial charge in [0.25, 0.3) is 11.5 Å². The first-order valence-electron chi connectivity index (χ1n) is 7.09. The SMILES string of the molecule is COC1(OC)[NH+]=C(N)[C@@]2(C#N)[C@@H](c3cc([N+](=O)[O-])ccc3Cl)[C@@]12C#N. The third-order valence-electron chi connectivity index (χ3n) is 5.08. The minimum Gasteiger partial charge on any atom is -0.317 e. The quantitative estimate of drug-likeness (QED) is 0.426. The molecule has 1 aliphatic carbocycles. The maximum atomic E-state index is 11.1. The lowest BCUT2D eigenvalue weighted by atomic mass is 9.93. The van der Waals surface area contributed by atoms with Crippen LogP contribution in [0.2, 0.25) is 5.02 Å². The van der Waals surface area contributed by atoms with Crippen molar-refractivity contribution in [3.63, 3.8) is 0 Å². The summed E-state index contributed by atoms with van der Waals surface area (Å²) in [6.45, 7) is 0. The highest BCUT2D eigenvalue weighted by Crippen LogP contribution is 2.79. The Bertz CT molecular complexity index is 900. The third kappa shape index (κ3) is 1.65. The fraction of sp³-hybridized carbons (Fsp3) is 0.400. The van der Waals surface area contributed by atoms with E-state index in [1.165, 1.54) is 32.4 Å². The van der Waals surface area contributed by atoms with Crippen LogP contribution in [0, 0.1) is 43.6 Å². The molecular formula is C15H13ClN5O4+. The Morgan fingerprint density at radius 1 is 1.36 bits per heavy atom. The minimum atomic E-state index is -1.68. The summed E-state index contributed by atoms with van der Waals surface area (Å²) < 4.78 is 10.8. The van der Waals surface area contributed by atoms with Gasteiger partial charge >= 0.3 is 5.91 Å². The van der Waals surface area contributed by atoms with Crippen LogP contribution in [0.15, 0.2) is 18.2 Å². The second-order valence-corrected chi connectivity index (χ2v) is 6.21. The predicted octanol–water partition coefficient (Wildman–Crippen LogP) is -0.237. The van der Waals surface area contributed by atoms with Crippen molar-refractivity contribution in [1.29, 1.82) is 10.5 Å². The molecule has 2 aliphatic rings. The van der Waals surface area contributed by atoms with Crippen LogP contribution in [0.25, 0.3) is 0 Å². The van der Waals surface area contributed by atoms with E-state index in [1.54, 1.807) is 0 Å². The van der Waals surface area contributed by atoms with Crippen molar-refractivity contribution in [2.24, 2.45) is 16.6 Å². The first-order chi connectivity index (χ1) is 11.8.